The molecule has 2 aliphatic heterocycles. The SMILES string of the molecule is Cc1cc(C)c(S(=O)(=O)N2CCC(C(=O)NCCS(=O)(=O)N3CCOCC3)CC2)c(C)c1. The second-order valence-electron chi connectivity index (χ2n) is 8.52. The van der Waals surface area contributed by atoms with Crippen LogP contribution in [-0.2, 0) is 29.6 Å². The number of rotatable bonds is 7. The van der Waals surface area contributed by atoms with Crippen LogP contribution >= 0.6 is 0 Å². The molecule has 11 heteroatoms. The number of amides is 1. The second-order valence-corrected chi connectivity index (χ2v) is 12.5. The molecule has 1 aromatic rings. The van der Waals surface area contributed by atoms with Crippen molar-refractivity contribution in [3.8, 4) is 0 Å². The molecular weight excluding hydrogens is 454 g/mol. The van der Waals surface area contributed by atoms with Crippen LogP contribution in [0.5, 0.6) is 0 Å². The Labute approximate surface area is 191 Å². The fraction of sp³-hybridized carbons (Fsp3) is 0.667. The summed E-state index contributed by atoms with van der Waals surface area (Å²) in [4.78, 5) is 12.9. The zero-order valence-corrected chi connectivity index (χ0v) is 20.6. The Morgan fingerprint density at radius 2 is 1.53 bits per heavy atom. The predicted molar refractivity (Wildman–Crippen MR) is 121 cm³/mol. The lowest BCUT2D eigenvalue weighted by molar-refractivity contribution is -0.125. The number of aryl methyl sites for hydroxylation is 3. The van der Waals surface area contributed by atoms with Gasteiger partial charge in [0, 0.05) is 38.6 Å². The van der Waals surface area contributed by atoms with E-state index in [9.17, 15) is 21.6 Å². The van der Waals surface area contributed by atoms with Crippen molar-refractivity contribution < 1.29 is 26.4 Å². The lowest BCUT2D eigenvalue weighted by Gasteiger charge is -2.31. The number of nitrogens with one attached hydrogen (secondary N) is 1. The second kappa shape index (κ2) is 10.2. The van der Waals surface area contributed by atoms with E-state index >= 15 is 0 Å². The van der Waals surface area contributed by atoms with Crippen LogP contribution in [0.4, 0.5) is 0 Å². The molecule has 2 heterocycles. The van der Waals surface area contributed by atoms with Gasteiger partial charge in [-0.2, -0.15) is 8.61 Å². The minimum absolute atomic E-state index is 0.0405. The molecule has 0 unspecified atom stereocenters. The number of ether oxygens (including phenoxy) is 1. The summed E-state index contributed by atoms with van der Waals surface area (Å²) >= 11 is 0. The number of hydrogen-bond donors (Lipinski definition) is 1. The van der Waals surface area contributed by atoms with E-state index in [2.05, 4.69) is 5.32 Å². The Hall–Kier alpha value is -1.53. The molecule has 0 aliphatic carbocycles. The van der Waals surface area contributed by atoms with Crippen molar-refractivity contribution in [1.29, 1.82) is 0 Å². The molecule has 0 atom stereocenters. The Kier molecular flexibility index (Phi) is 7.97. The van der Waals surface area contributed by atoms with E-state index in [4.69, 9.17) is 4.74 Å². The Bertz CT molecular complexity index is 1020. The van der Waals surface area contributed by atoms with Gasteiger partial charge in [0.05, 0.1) is 23.9 Å². The Morgan fingerprint density at radius 3 is 2.09 bits per heavy atom. The average Bonchev–Trinajstić information content (AvgIpc) is 2.73. The Morgan fingerprint density at radius 1 is 0.969 bits per heavy atom. The van der Waals surface area contributed by atoms with Crippen LogP contribution < -0.4 is 5.32 Å². The normalized spacial score (nSPS) is 19.7. The molecule has 1 amide bonds. The third-order valence-corrected chi connectivity index (χ3v) is 10.1. The van der Waals surface area contributed by atoms with E-state index in [1.807, 2.05) is 19.1 Å². The molecule has 9 nitrogen and oxygen atoms in total. The van der Waals surface area contributed by atoms with Gasteiger partial charge in [0.1, 0.15) is 0 Å². The molecule has 32 heavy (non-hydrogen) atoms. The first kappa shape index (κ1) is 25.1. The molecular formula is C21H33N3O6S2. The number of piperidine rings is 1. The maximum Gasteiger partial charge on any atom is 0.243 e. The summed E-state index contributed by atoms with van der Waals surface area (Å²) < 4.78 is 59.1. The van der Waals surface area contributed by atoms with E-state index in [0.717, 1.165) is 16.7 Å². The molecule has 2 aliphatic rings. The third-order valence-electron chi connectivity index (χ3n) is 6.05. The standard InChI is InChI=1S/C21H33N3O6S2/c1-16-14-17(2)20(18(3)15-16)32(28,29)24-7-4-19(5-8-24)21(25)22-6-13-31(26,27)23-9-11-30-12-10-23/h14-15,19H,4-13H2,1-3H3,(H,22,25). The van der Waals surface area contributed by atoms with Gasteiger partial charge in [-0.15, -0.1) is 0 Å². The fourth-order valence-electron chi connectivity index (χ4n) is 4.46. The number of morpholine rings is 1. The highest BCUT2D eigenvalue weighted by atomic mass is 32.2. The van der Waals surface area contributed by atoms with Crippen LogP contribution in [0, 0.1) is 26.7 Å². The molecule has 0 spiro atoms. The van der Waals surface area contributed by atoms with Gasteiger partial charge in [0.2, 0.25) is 26.0 Å². The number of benzene rings is 1. The van der Waals surface area contributed by atoms with E-state index in [1.54, 1.807) is 13.8 Å². The summed E-state index contributed by atoms with van der Waals surface area (Å²) in [6, 6.07) is 3.73. The van der Waals surface area contributed by atoms with Crippen molar-refractivity contribution in [2.75, 3.05) is 51.7 Å². The first-order chi connectivity index (χ1) is 15.0. The van der Waals surface area contributed by atoms with Crippen molar-refractivity contribution in [2.24, 2.45) is 5.92 Å². The van der Waals surface area contributed by atoms with Crippen molar-refractivity contribution in [3.63, 3.8) is 0 Å². The number of hydrogen-bond acceptors (Lipinski definition) is 6. The molecule has 0 radical (unpaired) electrons. The molecule has 1 N–H and O–H groups in total. The summed E-state index contributed by atoms with van der Waals surface area (Å²) in [6.45, 7) is 7.55. The third kappa shape index (κ3) is 5.69. The number of carbonyl (C=O) groups is 1. The average molecular weight is 488 g/mol. The molecule has 2 fully saturated rings. The van der Waals surface area contributed by atoms with Gasteiger partial charge in [0.25, 0.3) is 0 Å². The van der Waals surface area contributed by atoms with Gasteiger partial charge < -0.3 is 10.1 Å². The van der Waals surface area contributed by atoms with Crippen LogP contribution in [0.3, 0.4) is 0 Å². The van der Waals surface area contributed by atoms with Crippen LogP contribution in [-0.4, -0.2) is 83.0 Å². The van der Waals surface area contributed by atoms with Gasteiger partial charge in [-0.3, -0.25) is 4.79 Å². The van der Waals surface area contributed by atoms with Gasteiger partial charge in [-0.05, 0) is 44.7 Å². The first-order valence-corrected chi connectivity index (χ1v) is 14.0. The molecule has 0 aromatic heterocycles. The monoisotopic (exact) mass is 487 g/mol. The first-order valence-electron chi connectivity index (χ1n) is 10.9. The summed E-state index contributed by atoms with van der Waals surface area (Å²) in [6.07, 6.45) is 0.816. The maximum atomic E-state index is 13.2. The number of carbonyl (C=O) groups excluding carboxylic acids is 1. The Balaban J connectivity index is 1.52. The topological polar surface area (TPSA) is 113 Å². The summed E-state index contributed by atoms with van der Waals surface area (Å²) in [5, 5.41) is 2.71. The smallest absolute Gasteiger partial charge is 0.243 e. The molecule has 0 saturated carbocycles. The molecule has 1 aromatic carbocycles. The van der Waals surface area contributed by atoms with Gasteiger partial charge in [-0.25, -0.2) is 16.8 Å². The van der Waals surface area contributed by atoms with E-state index < -0.39 is 20.0 Å². The minimum atomic E-state index is -3.63. The summed E-state index contributed by atoms with van der Waals surface area (Å²) in [5.74, 6) is -0.701. The van der Waals surface area contributed by atoms with Crippen LogP contribution in [0.1, 0.15) is 29.5 Å². The molecule has 0 bridgehead atoms. The quantitative estimate of drug-likeness (QED) is 0.609. The lowest BCUT2D eigenvalue weighted by Crippen LogP contribution is -2.46. The van der Waals surface area contributed by atoms with Crippen LogP contribution in [0.25, 0.3) is 0 Å². The largest absolute Gasteiger partial charge is 0.379 e. The summed E-state index contributed by atoms with van der Waals surface area (Å²) in [7, 11) is -7.06. The predicted octanol–water partition coefficient (Wildman–Crippen LogP) is 0.791. The van der Waals surface area contributed by atoms with Crippen molar-refractivity contribution in [3.05, 3.63) is 28.8 Å². The molecule has 180 valence electrons. The molecule has 3 rings (SSSR count). The summed E-state index contributed by atoms with van der Waals surface area (Å²) in [5.41, 5.74) is 2.47. The van der Waals surface area contributed by atoms with E-state index in [1.165, 1.54) is 8.61 Å². The van der Waals surface area contributed by atoms with Crippen LogP contribution in [0.15, 0.2) is 17.0 Å². The highest BCUT2D eigenvalue weighted by Crippen LogP contribution is 2.28. The molecule has 2 saturated heterocycles. The van der Waals surface area contributed by atoms with Gasteiger partial charge in [0.15, 0.2) is 0 Å². The van der Waals surface area contributed by atoms with Crippen molar-refractivity contribution >= 4 is 26.0 Å². The number of sulfonamides is 2. The zero-order chi connectivity index (χ0) is 23.5. The minimum Gasteiger partial charge on any atom is -0.379 e. The highest BCUT2D eigenvalue weighted by Gasteiger charge is 2.34. The van der Waals surface area contributed by atoms with E-state index in [0.29, 0.717) is 44.0 Å². The van der Waals surface area contributed by atoms with Crippen molar-refractivity contribution in [2.45, 2.75) is 38.5 Å². The number of nitrogens with zero attached hydrogens (tertiary/aromatic N) is 2. The lowest BCUT2D eigenvalue weighted by atomic mass is 9.97. The van der Waals surface area contributed by atoms with Crippen LogP contribution in [0.2, 0.25) is 0 Å². The fourth-order valence-corrected chi connectivity index (χ4v) is 7.67. The van der Waals surface area contributed by atoms with Gasteiger partial charge in [-0.1, -0.05) is 17.7 Å². The van der Waals surface area contributed by atoms with Gasteiger partial charge >= 0.3 is 0 Å². The van der Waals surface area contributed by atoms with E-state index in [-0.39, 0.29) is 37.2 Å². The van der Waals surface area contributed by atoms with Crippen molar-refractivity contribution in [1.82, 2.24) is 13.9 Å². The zero-order valence-electron chi connectivity index (χ0n) is 19.0. The maximum absolute atomic E-state index is 13.2. The highest BCUT2D eigenvalue weighted by molar-refractivity contribution is 7.89.